The molecule has 0 heterocycles. The monoisotopic (exact) mass is 245 g/mol. The molecule has 4 heteroatoms. The van der Waals surface area contributed by atoms with E-state index in [9.17, 15) is 0 Å². The zero-order chi connectivity index (χ0) is 11.9. The van der Waals surface area contributed by atoms with Gasteiger partial charge >= 0.3 is 0 Å². The molecule has 1 N–H and O–H groups in total. The van der Waals surface area contributed by atoms with Crippen LogP contribution in [0.4, 0.5) is 0 Å². The molecule has 0 aromatic carbocycles. The molecule has 1 fully saturated rings. The fourth-order valence-corrected chi connectivity index (χ4v) is 2.66. The topological polar surface area (TPSA) is 30.5 Å². The Balaban J connectivity index is 2.06. The van der Waals surface area contributed by atoms with E-state index in [2.05, 4.69) is 5.32 Å². The Bertz CT molecular complexity index is 180. The van der Waals surface area contributed by atoms with Crippen LogP contribution in [0.2, 0.25) is 0 Å². The summed E-state index contributed by atoms with van der Waals surface area (Å²) in [6.45, 7) is 1.10. The van der Waals surface area contributed by atoms with Gasteiger partial charge in [-0.25, -0.2) is 0 Å². The van der Waals surface area contributed by atoms with Gasteiger partial charge in [0.2, 0.25) is 0 Å². The van der Waals surface area contributed by atoms with E-state index in [1.807, 2.05) is 0 Å². The van der Waals surface area contributed by atoms with E-state index >= 15 is 0 Å². The molecular formula is C12H27NO2Si. The van der Waals surface area contributed by atoms with Gasteiger partial charge in [0.1, 0.15) is 5.41 Å². The molecule has 1 saturated carbocycles. The maximum absolute atomic E-state index is 5.39. The maximum atomic E-state index is 5.39. The average molecular weight is 245 g/mol. The van der Waals surface area contributed by atoms with Gasteiger partial charge in [-0.1, -0.05) is 19.3 Å². The summed E-state index contributed by atoms with van der Waals surface area (Å²) in [5, 5.41) is 3.65. The number of hydrogen-bond donors (Lipinski definition) is 1. The van der Waals surface area contributed by atoms with Gasteiger partial charge in [-0.3, -0.25) is 0 Å². The van der Waals surface area contributed by atoms with Gasteiger partial charge in [0.15, 0.2) is 0 Å². The van der Waals surface area contributed by atoms with Crippen LogP contribution in [0, 0.1) is 0 Å². The lowest BCUT2D eigenvalue weighted by molar-refractivity contribution is -0.146. The van der Waals surface area contributed by atoms with Crippen molar-refractivity contribution in [1.82, 2.24) is 5.32 Å². The minimum absolute atomic E-state index is 0.270. The largest absolute Gasteiger partial charge is 0.358 e. The first-order valence-corrected chi connectivity index (χ1v) is 7.54. The summed E-state index contributed by atoms with van der Waals surface area (Å²) < 4.78 is 10.8. The van der Waals surface area contributed by atoms with Crippen LogP contribution in [0.1, 0.15) is 44.9 Å². The summed E-state index contributed by atoms with van der Waals surface area (Å²) in [7, 11) is 4.41. The van der Waals surface area contributed by atoms with Gasteiger partial charge in [0.25, 0.3) is 0 Å². The highest BCUT2D eigenvalue weighted by atomic mass is 28.1. The minimum Gasteiger partial charge on any atom is -0.358 e. The summed E-state index contributed by atoms with van der Waals surface area (Å²) in [6.07, 6.45) is 9.10. The first kappa shape index (κ1) is 14.2. The smallest absolute Gasteiger partial charge is 0.140 e. The van der Waals surface area contributed by atoms with Crippen molar-refractivity contribution >= 4 is 10.2 Å². The molecule has 0 saturated heterocycles. The third-order valence-electron chi connectivity index (χ3n) is 3.71. The summed E-state index contributed by atoms with van der Waals surface area (Å²) in [5.41, 5.74) is -0.270. The SMILES string of the molecule is COC([SiH3])(CCCNC1CCCCC1)OC. The van der Waals surface area contributed by atoms with E-state index in [4.69, 9.17) is 9.47 Å². The summed E-state index contributed by atoms with van der Waals surface area (Å²) >= 11 is 0. The molecule has 0 spiro atoms. The number of ether oxygens (including phenoxy) is 2. The molecule has 1 aliphatic carbocycles. The standard InChI is InChI=1S/C12H27NO2Si/c1-14-12(16,15-2)9-6-10-13-11-7-4-3-5-8-11/h11,13H,3-10H2,1-2,16H3. The molecule has 1 rings (SSSR count). The van der Waals surface area contributed by atoms with Crippen molar-refractivity contribution in [3.8, 4) is 0 Å². The van der Waals surface area contributed by atoms with Gasteiger partial charge in [-0.15, -0.1) is 0 Å². The second-order valence-electron chi connectivity index (χ2n) is 4.93. The lowest BCUT2D eigenvalue weighted by atomic mass is 9.95. The summed E-state index contributed by atoms with van der Waals surface area (Å²) in [5.74, 6) is 0. The van der Waals surface area contributed by atoms with Crippen LogP contribution in [-0.4, -0.2) is 42.5 Å². The lowest BCUT2D eigenvalue weighted by Gasteiger charge is -2.28. The Hall–Kier alpha value is 0.0969. The third-order valence-corrected chi connectivity index (χ3v) is 5.03. The predicted octanol–water partition coefficient (Wildman–Crippen LogP) is 1.00. The van der Waals surface area contributed by atoms with Crippen LogP contribution in [0.5, 0.6) is 0 Å². The first-order valence-electron chi connectivity index (χ1n) is 6.54. The second-order valence-corrected chi connectivity index (χ2v) is 6.46. The molecule has 0 aromatic rings. The molecule has 1 aliphatic rings. The van der Waals surface area contributed by atoms with Crippen molar-refractivity contribution in [2.75, 3.05) is 20.8 Å². The van der Waals surface area contributed by atoms with Crippen LogP contribution in [0.3, 0.4) is 0 Å². The molecule has 96 valence electrons. The van der Waals surface area contributed by atoms with E-state index in [0.29, 0.717) is 0 Å². The highest BCUT2D eigenvalue weighted by Crippen LogP contribution is 2.18. The fourth-order valence-electron chi connectivity index (χ4n) is 2.31. The van der Waals surface area contributed by atoms with E-state index in [0.717, 1.165) is 35.7 Å². The number of rotatable bonds is 7. The Morgan fingerprint density at radius 1 is 1.19 bits per heavy atom. The molecule has 0 aliphatic heterocycles. The predicted molar refractivity (Wildman–Crippen MR) is 70.8 cm³/mol. The quantitative estimate of drug-likeness (QED) is 0.412. The zero-order valence-electron chi connectivity index (χ0n) is 11.1. The Labute approximate surface area is 103 Å². The van der Waals surface area contributed by atoms with Gasteiger partial charge in [0.05, 0.1) is 10.2 Å². The van der Waals surface area contributed by atoms with Crippen LogP contribution in [0.25, 0.3) is 0 Å². The minimum atomic E-state index is -0.270. The van der Waals surface area contributed by atoms with Gasteiger partial charge in [-0.2, -0.15) is 0 Å². The third kappa shape index (κ3) is 4.95. The molecule has 0 radical (unpaired) electrons. The van der Waals surface area contributed by atoms with Gasteiger partial charge in [0, 0.05) is 20.3 Å². The van der Waals surface area contributed by atoms with E-state index in [1.165, 1.54) is 32.1 Å². The lowest BCUT2D eigenvalue weighted by Crippen LogP contribution is -2.36. The van der Waals surface area contributed by atoms with Gasteiger partial charge in [-0.05, 0) is 32.2 Å². The molecule has 16 heavy (non-hydrogen) atoms. The summed E-state index contributed by atoms with van der Waals surface area (Å²) in [4.78, 5) is 0. The van der Waals surface area contributed by atoms with E-state index < -0.39 is 0 Å². The molecule has 0 bridgehead atoms. The van der Waals surface area contributed by atoms with Crippen molar-refractivity contribution in [3.63, 3.8) is 0 Å². The van der Waals surface area contributed by atoms with Crippen molar-refractivity contribution in [2.45, 2.75) is 56.4 Å². The molecular weight excluding hydrogens is 218 g/mol. The first-order chi connectivity index (χ1) is 7.70. The highest BCUT2D eigenvalue weighted by Gasteiger charge is 2.21. The molecule has 0 amide bonds. The molecule has 3 nitrogen and oxygen atoms in total. The van der Waals surface area contributed by atoms with Gasteiger partial charge < -0.3 is 14.8 Å². The Morgan fingerprint density at radius 3 is 2.38 bits per heavy atom. The number of hydrogen-bond acceptors (Lipinski definition) is 3. The normalized spacial score (nSPS) is 19.1. The molecule has 0 unspecified atom stereocenters. The average Bonchev–Trinajstić information content (AvgIpc) is 2.36. The van der Waals surface area contributed by atoms with Crippen molar-refractivity contribution in [3.05, 3.63) is 0 Å². The Kier molecular flexibility index (Phi) is 6.57. The fraction of sp³-hybridized carbons (Fsp3) is 1.00. The highest BCUT2D eigenvalue weighted by molar-refractivity contribution is 6.13. The van der Waals surface area contributed by atoms with Crippen molar-refractivity contribution in [2.24, 2.45) is 0 Å². The van der Waals surface area contributed by atoms with Crippen molar-refractivity contribution in [1.29, 1.82) is 0 Å². The second kappa shape index (κ2) is 7.43. The maximum Gasteiger partial charge on any atom is 0.140 e. The summed E-state index contributed by atoms with van der Waals surface area (Å²) in [6, 6.07) is 0.766. The zero-order valence-corrected chi connectivity index (χ0v) is 13.1. The Morgan fingerprint density at radius 2 is 1.81 bits per heavy atom. The number of methoxy groups -OCH3 is 2. The van der Waals surface area contributed by atoms with Crippen LogP contribution in [-0.2, 0) is 9.47 Å². The van der Waals surface area contributed by atoms with Crippen LogP contribution in [0.15, 0.2) is 0 Å². The van der Waals surface area contributed by atoms with E-state index in [1.54, 1.807) is 14.2 Å². The van der Waals surface area contributed by atoms with E-state index in [-0.39, 0.29) is 5.41 Å². The van der Waals surface area contributed by atoms with Crippen molar-refractivity contribution < 1.29 is 9.47 Å². The molecule has 0 atom stereocenters. The van der Waals surface area contributed by atoms with Crippen LogP contribution < -0.4 is 5.32 Å². The molecule has 0 aromatic heterocycles. The number of nitrogens with one attached hydrogen (secondary N) is 1. The van der Waals surface area contributed by atoms with Crippen LogP contribution >= 0.6 is 0 Å².